The summed E-state index contributed by atoms with van der Waals surface area (Å²) in [5, 5.41) is 10.7. The summed E-state index contributed by atoms with van der Waals surface area (Å²) in [6.07, 6.45) is 9.40. The van der Waals surface area contributed by atoms with E-state index in [1.165, 1.54) is 19.3 Å². The highest BCUT2D eigenvalue weighted by Crippen LogP contribution is 2.35. The average Bonchev–Trinajstić information content (AvgIpc) is 2.98. The Morgan fingerprint density at radius 1 is 1.20 bits per heavy atom. The molecule has 1 aliphatic carbocycles. The zero-order valence-electron chi connectivity index (χ0n) is 12.8. The number of fused-ring (bicyclic) bond motifs is 1. The van der Waals surface area contributed by atoms with E-state index >= 15 is 0 Å². The van der Waals surface area contributed by atoms with Crippen LogP contribution in [0.2, 0.25) is 0 Å². The monoisotopic (exact) mass is 274 g/mol. The van der Waals surface area contributed by atoms with E-state index in [1.807, 2.05) is 30.8 Å². The molecule has 1 aliphatic rings. The molecule has 0 aromatic carbocycles. The lowest BCUT2D eigenvalue weighted by molar-refractivity contribution is 0.0795. The molecule has 1 N–H and O–H groups in total. The molecular formula is C17H26N2O. The molecule has 1 saturated carbocycles. The first-order valence-corrected chi connectivity index (χ1v) is 7.87. The number of aliphatic hydroxyl groups excluding tert-OH is 1. The zero-order valence-corrected chi connectivity index (χ0v) is 12.8. The summed E-state index contributed by atoms with van der Waals surface area (Å²) in [7, 11) is 0. The van der Waals surface area contributed by atoms with Gasteiger partial charge < -0.3 is 9.51 Å². The van der Waals surface area contributed by atoms with E-state index in [-0.39, 0.29) is 6.10 Å². The minimum Gasteiger partial charge on any atom is -0.387 e. The molecule has 20 heavy (non-hydrogen) atoms. The quantitative estimate of drug-likeness (QED) is 0.887. The minimum absolute atomic E-state index is 0.358. The average molecular weight is 274 g/mol. The van der Waals surface area contributed by atoms with Gasteiger partial charge in [0, 0.05) is 0 Å². The van der Waals surface area contributed by atoms with Crippen molar-refractivity contribution >= 4 is 5.52 Å². The molecule has 0 aliphatic heterocycles. The lowest BCUT2D eigenvalue weighted by Gasteiger charge is -2.28. The lowest BCUT2D eigenvalue weighted by Crippen LogP contribution is -2.19. The molecule has 0 amide bonds. The molecule has 0 radical (unpaired) electrons. The standard InChI is InChI=1S/C15H20N2O.C2H6/c1-11-7-8-13-9-16-10-17(13)14(11)15(18)12-5-3-2-4-6-12;1-2/h7-10,12,15,18H,2-6H2,1H3;1-2H3. The highest BCUT2D eigenvalue weighted by molar-refractivity contribution is 5.48. The first kappa shape index (κ1) is 15.0. The fourth-order valence-corrected chi connectivity index (χ4v) is 3.16. The Labute approximate surface area is 121 Å². The van der Waals surface area contributed by atoms with Crippen LogP contribution in [-0.2, 0) is 0 Å². The van der Waals surface area contributed by atoms with Crippen LogP contribution in [-0.4, -0.2) is 14.5 Å². The van der Waals surface area contributed by atoms with Crippen LogP contribution >= 0.6 is 0 Å². The second kappa shape index (κ2) is 6.89. The van der Waals surface area contributed by atoms with Gasteiger partial charge in [-0.25, -0.2) is 4.98 Å². The van der Waals surface area contributed by atoms with Gasteiger partial charge in [0.25, 0.3) is 0 Å². The molecule has 1 unspecified atom stereocenters. The molecular weight excluding hydrogens is 248 g/mol. The van der Waals surface area contributed by atoms with Crippen molar-refractivity contribution in [2.45, 2.75) is 59.0 Å². The largest absolute Gasteiger partial charge is 0.387 e. The Morgan fingerprint density at radius 3 is 2.60 bits per heavy atom. The van der Waals surface area contributed by atoms with E-state index in [0.717, 1.165) is 29.6 Å². The van der Waals surface area contributed by atoms with Gasteiger partial charge >= 0.3 is 0 Å². The Morgan fingerprint density at radius 2 is 1.90 bits per heavy atom. The Bertz CT molecular complexity index is 541. The van der Waals surface area contributed by atoms with Gasteiger partial charge in [-0.3, -0.25) is 0 Å². The molecule has 0 saturated heterocycles. The van der Waals surface area contributed by atoms with Crippen molar-refractivity contribution in [2.75, 3.05) is 0 Å². The number of rotatable bonds is 2. The molecule has 3 heteroatoms. The van der Waals surface area contributed by atoms with Crippen molar-refractivity contribution in [1.82, 2.24) is 9.38 Å². The summed E-state index contributed by atoms with van der Waals surface area (Å²) in [5.74, 6) is 0.408. The van der Waals surface area contributed by atoms with Crippen LogP contribution in [0.15, 0.2) is 24.7 Å². The lowest BCUT2D eigenvalue weighted by atomic mass is 9.83. The number of aromatic nitrogens is 2. The van der Waals surface area contributed by atoms with Crippen LogP contribution in [0, 0.1) is 12.8 Å². The third-order valence-corrected chi connectivity index (χ3v) is 4.21. The molecule has 1 atom stereocenters. The van der Waals surface area contributed by atoms with Gasteiger partial charge in [0.05, 0.1) is 29.8 Å². The second-order valence-electron chi connectivity index (χ2n) is 5.43. The number of nitrogens with zero attached hydrogens (tertiary/aromatic N) is 2. The minimum atomic E-state index is -0.358. The zero-order chi connectivity index (χ0) is 14.5. The van der Waals surface area contributed by atoms with E-state index in [9.17, 15) is 5.11 Å². The number of imidazole rings is 1. The summed E-state index contributed by atoms with van der Waals surface area (Å²) >= 11 is 0. The summed E-state index contributed by atoms with van der Waals surface area (Å²) < 4.78 is 2.04. The molecule has 110 valence electrons. The number of hydrogen-bond acceptors (Lipinski definition) is 2. The van der Waals surface area contributed by atoms with E-state index < -0.39 is 0 Å². The maximum atomic E-state index is 10.7. The SMILES string of the molecule is CC.Cc1ccc2cncn2c1C(O)C1CCCCC1. The highest BCUT2D eigenvalue weighted by Gasteiger charge is 2.25. The number of aryl methyl sites for hydroxylation is 1. The number of pyridine rings is 1. The number of hydrogen-bond donors (Lipinski definition) is 1. The highest BCUT2D eigenvalue weighted by atomic mass is 16.3. The van der Waals surface area contributed by atoms with Gasteiger partial charge in [-0.1, -0.05) is 39.2 Å². The van der Waals surface area contributed by atoms with E-state index in [1.54, 1.807) is 0 Å². The van der Waals surface area contributed by atoms with Crippen LogP contribution in [0.3, 0.4) is 0 Å². The van der Waals surface area contributed by atoms with Crippen LogP contribution < -0.4 is 0 Å². The van der Waals surface area contributed by atoms with Crippen LogP contribution in [0.5, 0.6) is 0 Å². The summed E-state index contributed by atoms with van der Waals surface area (Å²) in [6, 6.07) is 4.14. The maximum Gasteiger partial charge on any atom is 0.0995 e. The van der Waals surface area contributed by atoms with Gasteiger partial charge in [-0.2, -0.15) is 0 Å². The molecule has 2 heterocycles. The predicted octanol–water partition coefficient (Wildman–Crippen LogP) is 4.28. The van der Waals surface area contributed by atoms with E-state index in [4.69, 9.17) is 0 Å². The van der Waals surface area contributed by atoms with Crippen molar-refractivity contribution in [3.8, 4) is 0 Å². The van der Waals surface area contributed by atoms with Gasteiger partial charge in [-0.15, -0.1) is 0 Å². The maximum absolute atomic E-state index is 10.7. The van der Waals surface area contributed by atoms with Gasteiger partial charge in [0.15, 0.2) is 0 Å². The molecule has 3 rings (SSSR count). The molecule has 2 aromatic rings. The van der Waals surface area contributed by atoms with Crippen LogP contribution in [0.25, 0.3) is 5.52 Å². The Balaban J connectivity index is 0.000000704. The van der Waals surface area contributed by atoms with E-state index in [2.05, 4.69) is 24.0 Å². The Kier molecular flexibility index (Phi) is 5.18. The van der Waals surface area contributed by atoms with Crippen molar-refractivity contribution in [2.24, 2.45) is 5.92 Å². The van der Waals surface area contributed by atoms with E-state index in [0.29, 0.717) is 5.92 Å². The van der Waals surface area contributed by atoms with Crippen molar-refractivity contribution < 1.29 is 5.11 Å². The molecule has 3 nitrogen and oxygen atoms in total. The van der Waals surface area contributed by atoms with Crippen molar-refractivity contribution in [3.63, 3.8) is 0 Å². The van der Waals surface area contributed by atoms with Crippen LogP contribution in [0.4, 0.5) is 0 Å². The smallest absolute Gasteiger partial charge is 0.0995 e. The van der Waals surface area contributed by atoms with Crippen molar-refractivity contribution in [3.05, 3.63) is 35.9 Å². The van der Waals surface area contributed by atoms with Crippen LogP contribution in [0.1, 0.15) is 63.3 Å². The first-order chi connectivity index (χ1) is 9.77. The van der Waals surface area contributed by atoms with Gasteiger partial charge in [0.1, 0.15) is 0 Å². The third kappa shape index (κ3) is 2.88. The number of aliphatic hydroxyl groups is 1. The van der Waals surface area contributed by atoms with Gasteiger partial charge in [-0.05, 0) is 37.3 Å². The molecule has 0 spiro atoms. The van der Waals surface area contributed by atoms with Gasteiger partial charge in [0.2, 0.25) is 0 Å². The first-order valence-electron chi connectivity index (χ1n) is 7.87. The van der Waals surface area contributed by atoms with Crippen molar-refractivity contribution in [1.29, 1.82) is 0 Å². The second-order valence-corrected chi connectivity index (χ2v) is 5.43. The predicted molar refractivity (Wildman–Crippen MR) is 82.8 cm³/mol. The topological polar surface area (TPSA) is 37.5 Å². The fraction of sp³-hybridized carbons (Fsp3) is 0.588. The third-order valence-electron chi connectivity index (χ3n) is 4.21. The molecule has 2 aromatic heterocycles. The summed E-state index contributed by atoms with van der Waals surface area (Å²) in [5.41, 5.74) is 3.24. The Hall–Kier alpha value is -1.35. The summed E-state index contributed by atoms with van der Waals surface area (Å²) in [4.78, 5) is 4.18. The normalized spacial score (nSPS) is 17.6. The summed E-state index contributed by atoms with van der Waals surface area (Å²) in [6.45, 7) is 6.07. The molecule has 1 fully saturated rings. The molecule has 0 bridgehead atoms. The fourth-order valence-electron chi connectivity index (χ4n) is 3.16.